The lowest BCUT2D eigenvalue weighted by molar-refractivity contribution is 1.40. The molecule has 72 valence electrons. The van der Waals surface area contributed by atoms with Crippen LogP contribution in [0.3, 0.4) is 0 Å². The second-order valence-electron chi connectivity index (χ2n) is 2.49. The molecule has 0 aromatic heterocycles. The van der Waals surface area contributed by atoms with Crippen molar-refractivity contribution in [3.05, 3.63) is 33.8 Å². The normalized spacial score (nSPS) is 10.4. The molecule has 0 fully saturated rings. The smallest absolute Gasteiger partial charge is 0.0595 e. The molecule has 0 aliphatic heterocycles. The lowest BCUT2D eigenvalue weighted by Crippen LogP contribution is -1.84. The predicted octanol–water partition coefficient (Wildman–Crippen LogP) is 4.47. The summed E-state index contributed by atoms with van der Waals surface area (Å²) in [6.45, 7) is 0. The van der Waals surface area contributed by atoms with Crippen molar-refractivity contribution in [2.45, 2.75) is 5.75 Å². The number of hydrogen-bond donors (Lipinski definition) is 0. The fraction of sp³-hybridized carbons (Fsp3) is 0.333. The summed E-state index contributed by atoms with van der Waals surface area (Å²) in [5.74, 6) is 2.58. The standard InChI is InChI=1S/C9H9Cl3S/c10-3-4-13-6-7-1-2-8(11)9(12)5-7/h1-2,5H,3-4,6H2. The van der Waals surface area contributed by atoms with Gasteiger partial charge < -0.3 is 0 Å². The number of halogens is 3. The van der Waals surface area contributed by atoms with E-state index < -0.39 is 0 Å². The van der Waals surface area contributed by atoms with Crippen LogP contribution in [-0.4, -0.2) is 11.6 Å². The highest BCUT2D eigenvalue weighted by Crippen LogP contribution is 2.24. The Balaban J connectivity index is 2.53. The van der Waals surface area contributed by atoms with Crippen LogP contribution < -0.4 is 0 Å². The summed E-state index contributed by atoms with van der Waals surface area (Å²) in [4.78, 5) is 0. The average Bonchev–Trinajstić information content (AvgIpc) is 2.12. The molecule has 0 aliphatic rings. The van der Waals surface area contributed by atoms with Crippen molar-refractivity contribution in [2.24, 2.45) is 0 Å². The molecular formula is C9H9Cl3S. The van der Waals surface area contributed by atoms with E-state index in [1.54, 1.807) is 11.8 Å². The molecule has 0 N–H and O–H groups in total. The van der Waals surface area contributed by atoms with E-state index in [2.05, 4.69) is 0 Å². The summed E-state index contributed by atoms with van der Waals surface area (Å²) in [6.07, 6.45) is 0. The largest absolute Gasteiger partial charge is 0.156 e. The van der Waals surface area contributed by atoms with E-state index in [1.165, 1.54) is 5.56 Å². The average molecular weight is 256 g/mol. The van der Waals surface area contributed by atoms with Gasteiger partial charge in [0.15, 0.2) is 0 Å². The molecule has 0 amide bonds. The Kier molecular flexibility index (Phi) is 5.34. The number of alkyl halides is 1. The fourth-order valence-electron chi connectivity index (χ4n) is 0.874. The molecule has 0 radical (unpaired) electrons. The van der Waals surface area contributed by atoms with Crippen LogP contribution in [0.15, 0.2) is 18.2 Å². The van der Waals surface area contributed by atoms with E-state index in [-0.39, 0.29) is 0 Å². The van der Waals surface area contributed by atoms with Crippen molar-refractivity contribution in [3.8, 4) is 0 Å². The quantitative estimate of drug-likeness (QED) is 0.565. The first-order valence-electron chi connectivity index (χ1n) is 3.81. The van der Waals surface area contributed by atoms with Gasteiger partial charge >= 0.3 is 0 Å². The van der Waals surface area contributed by atoms with Crippen molar-refractivity contribution in [3.63, 3.8) is 0 Å². The Morgan fingerprint density at radius 2 is 1.92 bits per heavy atom. The van der Waals surface area contributed by atoms with Gasteiger partial charge in [-0.1, -0.05) is 29.3 Å². The van der Waals surface area contributed by atoms with Crippen LogP contribution in [0.25, 0.3) is 0 Å². The lowest BCUT2D eigenvalue weighted by Gasteiger charge is -2.01. The van der Waals surface area contributed by atoms with Gasteiger partial charge in [-0.3, -0.25) is 0 Å². The minimum Gasteiger partial charge on any atom is -0.156 e. The van der Waals surface area contributed by atoms with Gasteiger partial charge in [-0.05, 0) is 17.7 Å². The maximum absolute atomic E-state index is 5.86. The maximum Gasteiger partial charge on any atom is 0.0595 e. The third-order valence-electron chi connectivity index (χ3n) is 1.47. The minimum absolute atomic E-state index is 0.604. The second-order valence-corrected chi connectivity index (χ2v) is 4.79. The maximum atomic E-state index is 5.86. The van der Waals surface area contributed by atoms with Crippen LogP contribution in [0.5, 0.6) is 0 Å². The molecule has 0 bridgehead atoms. The molecule has 0 unspecified atom stereocenters. The first-order chi connectivity index (χ1) is 6.24. The summed E-state index contributed by atoms with van der Waals surface area (Å²) in [5, 5.41) is 1.22. The molecule has 4 heteroatoms. The van der Waals surface area contributed by atoms with Crippen LogP contribution in [0.1, 0.15) is 5.56 Å². The van der Waals surface area contributed by atoms with Gasteiger partial charge in [0.1, 0.15) is 0 Å². The Morgan fingerprint density at radius 1 is 1.15 bits per heavy atom. The molecule has 1 aromatic carbocycles. The summed E-state index contributed by atoms with van der Waals surface area (Å²) in [7, 11) is 0. The molecule has 1 rings (SSSR count). The SMILES string of the molecule is ClCCSCc1ccc(Cl)c(Cl)c1. The van der Waals surface area contributed by atoms with E-state index >= 15 is 0 Å². The zero-order valence-electron chi connectivity index (χ0n) is 6.90. The zero-order chi connectivity index (χ0) is 9.68. The monoisotopic (exact) mass is 254 g/mol. The molecule has 0 nitrogen and oxygen atoms in total. The molecular weight excluding hydrogens is 247 g/mol. The fourth-order valence-corrected chi connectivity index (χ4v) is 2.19. The molecule has 0 saturated heterocycles. The highest BCUT2D eigenvalue weighted by atomic mass is 35.5. The molecule has 0 spiro atoms. The summed E-state index contributed by atoms with van der Waals surface area (Å²) in [5.41, 5.74) is 1.18. The third kappa shape index (κ3) is 3.99. The molecule has 0 aliphatic carbocycles. The van der Waals surface area contributed by atoms with Crippen molar-refractivity contribution in [1.82, 2.24) is 0 Å². The minimum atomic E-state index is 0.604. The van der Waals surface area contributed by atoms with Crippen LogP contribution in [0.4, 0.5) is 0 Å². The van der Waals surface area contributed by atoms with Crippen molar-refractivity contribution >= 4 is 46.6 Å². The third-order valence-corrected chi connectivity index (χ3v) is 3.66. The molecule has 0 heterocycles. The van der Waals surface area contributed by atoms with Gasteiger partial charge in [-0.15, -0.1) is 11.6 Å². The summed E-state index contributed by atoms with van der Waals surface area (Å²) in [6, 6.07) is 5.70. The van der Waals surface area contributed by atoms with Crippen LogP contribution >= 0.6 is 46.6 Å². The Hall–Kier alpha value is 0.440. The van der Waals surface area contributed by atoms with Crippen LogP contribution in [0, 0.1) is 0 Å². The van der Waals surface area contributed by atoms with E-state index in [4.69, 9.17) is 34.8 Å². The Morgan fingerprint density at radius 3 is 2.54 bits per heavy atom. The molecule has 13 heavy (non-hydrogen) atoms. The van der Waals surface area contributed by atoms with Gasteiger partial charge in [0, 0.05) is 17.4 Å². The molecule has 0 saturated carbocycles. The highest BCUT2D eigenvalue weighted by Gasteiger charge is 1.99. The summed E-state index contributed by atoms with van der Waals surface area (Å²) >= 11 is 19.0. The van der Waals surface area contributed by atoms with Crippen LogP contribution in [-0.2, 0) is 5.75 Å². The molecule has 0 atom stereocenters. The van der Waals surface area contributed by atoms with Gasteiger partial charge in [0.2, 0.25) is 0 Å². The van der Waals surface area contributed by atoms with E-state index in [1.807, 2.05) is 18.2 Å². The van der Waals surface area contributed by atoms with Gasteiger partial charge in [0.05, 0.1) is 10.0 Å². The first-order valence-corrected chi connectivity index (χ1v) is 6.26. The van der Waals surface area contributed by atoms with Crippen LogP contribution in [0.2, 0.25) is 10.0 Å². The van der Waals surface area contributed by atoms with E-state index in [9.17, 15) is 0 Å². The number of hydrogen-bond acceptors (Lipinski definition) is 1. The van der Waals surface area contributed by atoms with Gasteiger partial charge in [-0.2, -0.15) is 11.8 Å². The van der Waals surface area contributed by atoms with Crippen molar-refractivity contribution in [2.75, 3.05) is 11.6 Å². The second kappa shape index (κ2) is 6.02. The summed E-state index contributed by atoms with van der Waals surface area (Å²) < 4.78 is 0. The van der Waals surface area contributed by atoms with Gasteiger partial charge in [-0.25, -0.2) is 0 Å². The van der Waals surface area contributed by atoms with Crippen molar-refractivity contribution < 1.29 is 0 Å². The Labute approximate surface area is 97.6 Å². The number of rotatable bonds is 4. The first kappa shape index (κ1) is 11.5. The number of thioether (sulfide) groups is 1. The van der Waals surface area contributed by atoms with Gasteiger partial charge in [0.25, 0.3) is 0 Å². The van der Waals surface area contributed by atoms with E-state index in [0.717, 1.165) is 11.5 Å². The van der Waals surface area contributed by atoms with E-state index in [0.29, 0.717) is 15.9 Å². The zero-order valence-corrected chi connectivity index (χ0v) is 9.98. The highest BCUT2D eigenvalue weighted by molar-refractivity contribution is 7.98. The Bertz CT molecular complexity index is 276. The molecule has 1 aromatic rings. The topological polar surface area (TPSA) is 0 Å². The number of benzene rings is 1. The van der Waals surface area contributed by atoms with Crippen molar-refractivity contribution in [1.29, 1.82) is 0 Å². The lowest BCUT2D eigenvalue weighted by atomic mass is 10.2. The predicted molar refractivity (Wildman–Crippen MR) is 63.3 cm³/mol.